The Labute approximate surface area is 221 Å². The number of hydrogen-bond donors (Lipinski definition) is 0. The number of thiazole rings is 1. The molecule has 0 spiro atoms. The maximum atomic E-state index is 13.8. The highest BCUT2D eigenvalue weighted by Gasteiger charge is 2.22. The summed E-state index contributed by atoms with van der Waals surface area (Å²) in [5.41, 5.74) is 1.18. The third-order valence-electron chi connectivity index (χ3n) is 5.51. The fourth-order valence-corrected chi connectivity index (χ4v) is 5.97. The van der Waals surface area contributed by atoms with Crippen molar-refractivity contribution in [1.82, 2.24) is 19.0 Å². The van der Waals surface area contributed by atoms with Crippen molar-refractivity contribution in [2.45, 2.75) is 25.9 Å². The van der Waals surface area contributed by atoms with Gasteiger partial charge in [-0.15, -0.1) is 0 Å². The van der Waals surface area contributed by atoms with E-state index in [1.165, 1.54) is 28.8 Å². The van der Waals surface area contributed by atoms with Crippen LogP contribution < -0.4 is 10.3 Å². The van der Waals surface area contributed by atoms with Crippen LogP contribution in [0.15, 0.2) is 58.5 Å². The predicted octanol–water partition coefficient (Wildman–Crippen LogP) is 5.47. The molecule has 1 amide bonds. The molecule has 4 rings (SSSR count). The second-order valence-electron chi connectivity index (χ2n) is 7.62. The van der Waals surface area contributed by atoms with Crippen molar-refractivity contribution in [3.8, 4) is 17.1 Å². The van der Waals surface area contributed by atoms with Gasteiger partial charge in [-0.2, -0.15) is 0 Å². The van der Waals surface area contributed by atoms with Gasteiger partial charge in [0.2, 0.25) is 5.91 Å². The quantitative estimate of drug-likeness (QED) is 0.158. The molecule has 0 aliphatic rings. The minimum Gasteiger partial charge on any atom is -0.492 e. The van der Waals surface area contributed by atoms with Crippen LogP contribution in [0.2, 0.25) is 0 Å². The van der Waals surface area contributed by atoms with Crippen LogP contribution in [0.3, 0.4) is 0 Å². The van der Waals surface area contributed by atoms with E-state index >= 15 is 0 Å². The number of benzene rings is 2. The Kier molecular flexibility index (Phi) is 8.22. The van der Waals surface area contributed by atoms with Crippen LogP contribution in [-0.2, 0) is 4.79 Å². The number of hydrogen-bond acceptors (Lipinski definition) is 7. The summed E-state index contributed by atoms with van der Waals surface area (Å²) in [6, 6.07) is 13.0. The largest absolute Gasteiger partial charge is 0.492 e. The molecule has 0 radical (unpaired) electrons. The van der Waals surface area contributed by atoms with Gasteiger partial charge < -0.3 is 9.64 Å². The molecule has 0 aliphatic carbocycles. The molecule has 7 nitrogen and oxygen atoms in total. The second kappa shape index (κ2) is 11.4. The molecule has 0 bridgehead atoms. The van der Waals surface area contributed by atoms with E-state index in [-0.39, 0.29) is 17.2 Å². The molecule has 0 fully saturated rings. The number of aromatic nitrogens is 3. The van der Waals surface area contributed by atoms with E-state index in [9.17, 15) is 14.0 Å². The number of thioether (sulfide) groups is 1. The molecule has 4 aromatic rings. The lowest BCUT2D eigenvalue weighted by Crippen LogP contribution is -2.32. The lowest BCUT2D eigenvalue weighted by atomic mass is 10.3. The van der Waals surface area contributed by atoms with Crippen molar-refractivity contribution in [3.63, 3.8) is 0 Å². The van der Waals surface area contributed by atoms with Gasteiger partial charge in [0, 0.05) is 13.1 Å². The first-order chi connectivity index (χ1) is 17.4. The van der Waals surface area contributed by atoms with Crippen LogP contribution in [0.1, 0.15) is 20.8 Å². The fraction of sp³-hybridized carbons (Fsp3) is 0.280. The number of carbonyl (C=O) groups is 1. The highest BCUT2D eigenvalue weighted by Crippen LogP contribution is 2.31. The predicted molar refractivity (Wildman–Crippen MR) is 145 cm³/mol. The van der Waals surface area contributed by atoms with Gasteiger partial charge in [-0.1, -0.05) is 35.2 Å². The Balaban J connectivity index is 1.93. The monoisotopic (exact) mass is 544 g/mol. The van der Waals surface area contributed by atoms with E-state index in [0.29, 0.717) is 56.3 Å². The Morgan fingerprint density at radius 3 is 2.47 bits per heavy atom. The summed E-state index contributed by atoms with van der Waals surface area (Å²) in [5, 5.41) is 0.315. The van der Waals surface area contributed by atoms with Gasteiger partial charge in [-0.25, -0.2) is 9.37 Å². The van der Waals surface area contributed by atoms with Gasteiger partial charge in [0.25, 0.3) is 5.56 Å². The van der Waals surface area contributed by atoms with Crippen molar-refractivity contribution in [1.29, 1.82) is 0 Å². The maximum Gasteiger partial charge on any atom is 0.278 e. The van der Waals surface area contributed by atoms with Crippen LogP contribution in [0, 0.1) is 9.77 Å². The molecule has 2 heterocycles. The fourth-order valence-electron chi connectivity index (χ4n) is 3.78. The third kappa shape index (κ3) is 5.09. The smallest absolute Gasteiger partial charge is 0.278 e. The highest BCUT2D eigenvalue weighted by molar-refractivity contribution is 7.99. The van der Waals surface area contributed by atoms with Gasteiger partial charge in [0.05, 0.1) is 23.7 Å². The molecular formula is C25H25FN4O3S3. The summed E-state index contributed by atoms with van der Waals surface area (Å²) >= 11 is 7.97. The molecule has 0 atom stereocenters. The van der Waals surface area contributed by atoms with Crippen molar-refractivity contribution in [2.75, 3.05) is 25.4 Å². The first-order valence-corrected chi connectivity index (χ1v) is 13.7. The molecule has 11 heteroatoms. The number of ether oxygens (including phenoxy) is 1. The molecule has 2 aromatic carbocycles. The Morgan fingerprint density at radius 2 is 1.81 bits per heavy atom. The first kappa shape index (κ1) is 26.1. The van der Waals surface area contributed by atoms with E-state index < -0.39 is 5.82 Å². The summed E-state index contributed by atoms with van der Waals surface area (Å²) < 4.78 is 23.4. The van der Waals surface area contributed by atoms with Gasteiger partial charge in [0.1, 0.15) is 16.3 Å². The molecule has 2 aromatic heterocycles. The average Bonchev–Trinajstić information content (AvgIpc) is 3.21. The molecule has 0 saturated heterocycles. The minimum absolute atomic E-state index is 0.0613. The topological polar surface area (TPSA) is 69.4 Å². The molecule has 0 saturated carbocycles. The highest BCUT2D eigenvalue weighted by atomic mass is 32.2. The molecule has 0 aliphatic heterocycles. The van der Waals surface area contributed by atoms with Gasteiger partial charge >= 0.3 is 0 Å². The SMILES string of the molecule is CCOc1ccccc1-n1c(=S)sc2c(=O)n(-c3ccc(F)cc3)c(SCC(=O)N(CC)CC)nc21. The van der Waals surface area contributed by atoms with E-state index in [0.717, 1.165) is 23.1 Å². The number of fused-ring (bicyclic) bond motifs is 1. The number of nitrogens with zero attached hydrogens (tertiary/aromatic N) is 4. The number of para-hydroxylation sites is 2. The summed E-state index contributed by atoms with van der Waals surface area (Å²) in [6.07, 6.45) is 0. The minimum atomic E-state index is -0.416. The van der Waals surface area contributed by atoms with Crippen LogP contribution in [-0.4, -0.2) is 50.4 Å². The van der Waals surface area contributed by atoms with Gasteiger partial charge in [-0.3, -0.25) is 18.7 Å². The zero-order chi connectivity index (χ0) is 25.8. The maximum absolute atomic E-state index is 13.8. The number of carbonyl (C=O) groups excluding carboxylic acids is 1. The summed E-state index contributed by atoms with van der Waals surface area (Å²) in [6.45, 7) is 7.37. The average molecular weight is 545 g/mol. The van der Waals surface area contributed by atoms with Gasteiger partial charge in [0.15, 0.2) is 14.8 Å². The van der Waals surface area contributed by atoms with E-state index in [4.69, 9.17) is 21.9 Å². The molecular weight excluding hydrogens is 519 g/mol. The lowest BCUT2D eigenvalue weighted by molar-refractivity contribution is -0.127. The Hall–Kier alpha value is -3.02. The van der Waals surface area contributed by atoms with Crippen molar-refractivity contribution in [3.05, 3.63) is 68.7 Å². The van der Waals surface area contributed by atoms with Crippen LogP contribution in [0.4, 0.5) is 4.39 Å². The van der Waals surface area contributed by atoms with E-state index in [1.807, 2.05) is 45.0 Å². The standard InChI is InChI=1S/C25H25FN4O3S3/c1-4-28(5-2)20(31)15-35-24-27-22-21(23(32)29(24)17-13-11-16(26)12-14-17)36-25(34)30(22)18-9-7-8-10-19(18)33-6-3/h7-14H,4-6,15H2,1-3H3. The third-order valence-corrected chi connectivity index (χ3v) is 7.78. The van der Waals surface area contributed by atoms with Crippen molar-refractivity contribution in [2.24, 2.45) is 0 Å². The second-order valence-corrected chi connectivity index (χ2v) is 10.2. The van der Waals surface area contributed by atoms with Crippen LogP contribution in [0.25, 0.3) is 21.7 Å². The number of rotatable bonds is 9. The molecule has 188 valence electrons. The Morgan fingerprint density at radius 1 is 1.11 bits per heavy atom. The summed E-state index contributed by atoms with van der Waals surface area (Å²) in [5.74, 6) is 0.238. The Bertz CT molecular complexity index is 1510. The van der Waals surface area contributed by atoms with Crippen molar-refractivity contribution < 1.29 is 13.9 Å². The van der Waals surface area contributed by atoms with Gasteiger partial charge in [-0.05, 0) is 69.4 Å². The summed E-state index contributed by atoms with van der Waals surface area (Å²) in [4.78, 5) is 33.1. The number of halogens is 1. The number of amides is 1. The lowest BCUT2D eigenvalue weighted by Gasteiger charge is -2.19. The zero-order valence-electron chi connectivity index (χ0n) is 20.1. The van der Waals surface area contributed by atoms with E-state index in [1.54, 1.807) is 9.47 Å². The summed E-state index contributed by atoms with van der Waals surface area (Å²) in [7, 11) is 0. The molecule has 36 heavy (non-hydrogen) atoms. The normalized spacial score (nSPS) is 11.1. The van der Waals surface area contributed by atoms with Crippen LogP contribution >= 0.6 is 35.3 Å². The molecule has 0 N–H and O–H groups in total. The first-order valence-electron chi connectivity index (χ1n) is 11.5. The zero-order valence-corrected chi connectivity index (χ0v) is 22.5. The van der Waals surface area contributed by atoms with E-state index in [2.05, 4.69) is 0 Å². The molecule has 0 unspecified atom stereocenters. The van der Waals surface area contributed by atoms with Crippen molar-refractivity contribution >= 4 is 51.6 Å². The van der Waals surface area contributed by atoms with Crippen LogP contribution in [0.5, 0.6) is 5.75 Å².